The van der Waals surface area contributed by atoms with Gasteiger partial charge in [-0.25, -0.2) is 4.79 Å². The third kappa shape index (κ3) is 5.47. The van der Waals surface area contributed by atoms with Crippen LogP contribution in [0, 0.1) is 10.1 Å². The van der Waals surface area contributed by atoms with Crippen molar-refractivity contribution in [3.05, 3.63) is 40.0 Å². The Morgan fingerprint density at radius 2 is 2.10 bits per heavy atom. The maximum Gasteiger partial charge on any atom is 0.410 e. The molecule has 158 valence electrons. The number of aliphatic hydroxyl groups excluding tert-OH is 1. The third-order valence-electron chi connectivity index (χ3n) is 5.19. The van der Waals surface area contributed by atoms with E-state index < -0.39 is 10.5 Å². The van der Waals surface area contributed by atoms with Crippen LogP contribution in [0.4, 0.5) is 16.2 Å². The topological polar surface area (TPSA) is 105 Å². The highest BCUT2D eigenvalue weighted by atomic mass is 16.6. The molecule has 2 aliphatic rings. The molecule has 29 heavy (non-hydrogen) atoms. The van der Waals surface area contributed by atoms with Crippen LogP contribution in [0.25, 0.3) is 5.57 Å². The first-order valence-electron chi connectivity index (χ1n) is 10.0. The largest absolute Gasteiger partial charge is 0.444 e. The fraction of sp³-hybridized carbons (Fsp3) is 0.571. The first kappa shape index (κ1) is 21.1. The van der Waals surface area contributed by atoms with Gasteiger partial charge in [0.15, 0.2) is 0 Å². The molecular formula is C21H29N3O5. The smallest absolute Gasteiger partial charge is 0.410 e. The maximum absolute atomic E-state index is 12.2. The molecule has 1 aliphatic carbocycles. The van der Waals surface area contributed by atoms with Crippen LogP contribution in [0.15, 0.2) is 24.3 Å². The standard InChI is InChI=1S/C21H29N3O5/c1-21(2,3)29-20(26)23-10-8-14(9-11-23)15-4-7-19(24(27)28)18(12-15)22-16-5-6-17(25)13-16/h4,7-8,12,16-17,22,25H,5-6,9-11,13H2,1-3H3. The van der Waals surface area contributed by atoms with E-state index in [-0.39, 0.29) is 23.9 Å². The normalized spacial score (nSPS) is 22.2. The summed E-state index contributed by atoms with van der Waals surface area (Å²) in [6.45, 7) is 6.49. The highest BCUT2D eigenvalue weighted by Gasteiger charge is 2.27. The van der Waals surface area contributed by atoms with Crippen molar-refractivity contribution in [2.75, 3.05) is 18.4 Å². The van der Waals surface area contributed by atoms with Gasteiger partial charge in [0.05, 0.1) is 11.0 Å². The first-order valence-corrected chi connectivity index (χ1v) is 10.0. The van der Waals surface area contributed by atoms with Crippen molar-refractivity contribution in [1.29, 1.82) is 0 Å². The zero-order valence-corrected chi connectivity index (χ0v) is 17.2. The quantitative estimate of drug-likeness (QED) is 0.583. The molecule has 3 rings (SSSR count). The number of aliphatic hydroxyl groups is 1. The number of carbonyl (C=O) groups is 1. The molecule has 8 nitrogen and oxygen atoms in total. The zero-order chi connectivity index (χ0) is 21.2. The lowest BCUT2D eigenvalue weighted by Gasteiger charge is -2.29. The van der Waals surface area contributed by atoms with Crippen LogP contribution >= 0.6 is 0 Å². The van der Waals surface area contributed by atoms with Crippen LogP contribution in [-0.4, -0.2) is 51.9 Å². The van der Waals surface area contributed by atoms with Crippen molar-refractivity contribution < 1.29 is 19.6 Å². The van der Waals surface area contributed by atoms with E-state index in [0.29, 0.717) is 38.0 Å². The number of rotatable bonds is 4. The molecule has 1 aromatic carbocycles. The molecule has 0 aromatic heterocycles. The Morgan fingerprint density at radius 3 is 2.66 bits per heavy atom. The molecule has 1 aliphatic heterocycles. The molecule has 8 heteroatoms. The molecule has 2 unspecified atom stereocenters. The van der Waals surface area contributed by atoms with Gasteiger partial charge in [-0.05, 0) is 69.7 Å². The van der Waals surface area contributed by atoms with E-state index in [4.69, 9.17) is 4.74 Å². The van der Waals surface area contributed by atoms with E-state index >= 15 is 0 Å². The van der Waals surface area contributed by atoms with E-state index in [0.717, 1.165) is 17.6 Å². The number of nitrogens with one attached hydrogen (secondary N) is 1. The fourth-order valence-electron chi connectivity index (χ4n) is 3.74. The number of nitro groups is 1. The van der Waals surface area contributed by atoms with Crippen molar-refractivity contribution >= 4 is 23.0 Å². The van der Waals surface area contributed by atoms with Gasteiger partial charge < -0.3 is 20.1 Å². The fourth-order valence-corrected chi connectivity index (χ4v) is 3.74. The number of anilines is 1. The zero-order valence-electron chi connectivity index (χ0n) is 17.2. The number of amides is 1. The van der Waals surface area contributed by atoms with Crippen molar-refractivity contribution in [2.45, 2.75) is 64.2 Å². The number of hydrogen-bond acceptors (Lipinski definition) is 6. The SMILES string of the molecule is CC(C)(C)OC(=O)N1CC=C(c2ccc([N+](=O)[O-])c(NC3CCC(O)C3)c2)CC1. The predicted octanol–water partition coefficient (Wildman–Crippen LogP) is 3.94. The minimum absolute atomic E-state index is 0.0296. The summed E-state index contributed by atoms with van der Waals surface area (Å²) in [5.41, 5.74) is 1.92. The monoisotopic (exact) mass is 403 g/mol. The van der Waals surface area contributed by atoms with Crippen LogP contribution in [0.2, 0.25) is 0 Å². The van der Waals surface area contributed by atoms with Crippen LogP contribution in [0.1, 0.15) is 52.0 Å². The van der Waals surface area contributed by atoms with E-state index in [1.807, 2.05) is 26.8 Å². The Labute approximate surface area is 170 Å². The maximum atomic E-state index is 12.2. The molecule has 0 radical (unpaired) electrons. The van der Waals surface area contributed by atoms with E-state index in [1.165, 1.54) is 6.07 Å². The third-order valence-corrected chi connectivity index (χ3v) is 5.19. The average molecular weight is 403 g/mol. The van der Waals surface area contributed by atoms with Gasteiger partial charge >= 0.3 is 6.09 Å². The van der Waals surface area contributed by atoms with E-state index in [9.17, 15) is 20.0 Å². The molecule has 0 bridgehead atoms. The Hall–Kier alpha value is -2.61. The Balaban J connectivity index is 1.74. The van der Waals surface area contributed by atoms with Gasteiger partial charge in [-0.1, -0.05) is 6.08 Å². The number of benzene rings is 1. The van der Waals surface area contributed by atoms with Gasteiger partial charge in [0, 0.05) is 25.2 Å². The lowest BCUT2D eigenvalue weighted by Crippen LogP contribution is -2.39. The molecule has 2 atom stereocenters. The number of nitrogens with zero attached hydrogens (tertiary/aromatic N) is 2. The molecule has 1 fully saturated rings. The van der Waals surface area contributed by atoms with Gasteiger partial charge in [-0.15, -0.1) is 0 Å². The average Bonchev–Trinajstić information content (AvgIpc) is 3.05. The summed E-state index contributed by atoms with van der Waals surface area (Å²) in [6.07, 6.45) is 4.02. The van der Waals surface area contributed by atoms with Crippen molar-refractivity contribution in [2.24, 2.45) is 0 Å². The first-order chi connectivity index (χ1) is 13.6. The second kappa shape index (κ2) is 8.41. The Kier molecular flexibility index (Phi) is 6.12. The summed E-state index contributed by atoms with van der Waals surface area (Å²) in [7, 11) is 0. The number of nitro benzene ring substituents is 1. The van der Waals surface area contributed by atoms with Gasteiger partial charge in [-0.2, -0.15) is 0 Å². The summed E-state index contributed by atoms with van der Waals surface area (Å²) >= 11 is 0. The molecular weight excluding hydrogens is 374 g/mol. The van der Waals surface area contributed by atoms with E-state index in [2.05, 4.69) is 5.32 Å². The van der Waals surface area contributed by atoms with Crippen molar-refractivity contribution in [3.63, 3.8) is 0 Å². The van der Waals surface area contributed by atoms with Gasteiger partial charge in [0.1, 0.15) is 11.3 Å². The molecule has 0 saturated heterocycles. The molecule has 0 spiro atoms. The second-order valence-electron chi connectivity index (χ2n) is 8.70. The highest BCUT2D eigenvalue weighted by Crippen LogP contribution is 2.33. The van der Waals surface area contributed by atoms with Crippen LogP contribution in [0.3, 0.4) is 0 Å². The van der Waals surface area contributed by atoms with Crippen molar-refractivity contribution in [1.82, 2.24) is 4.90 Å². The predicted molar refractivity (Wildman–Crippen MR) is 111 cm³/mol. The lowest BCUT2D eigenvalue weighted by molar-refractivity contribution is -0.384. The summed E-state index contributed by atoms with van der Waals surface area (Å²) in [6, 6.07) is 5.10. The van der Waals surface area contributed by atoms with Gasteiger partial charge in [-0.3, -0.25) is 10.1 Å². The van der Waals surface area contributed by atoms with Crippen molar-refractivity contribution in [3.8, 4) is 0 Å². The second-order valence-corrected chi connectivity index (χ2v) is 8.70. The van der Waals surface area contributed by atoms with E-state index in [1.54, 1.807) is 17.0 Å². The lowest BCUT2D eigenvalue weighted by atomic mass is 9.98. The minimum atomic E-state index is -0.534. The van der Waals surface area contributed by atoms with Gasteiger partial charge in [0.25, 0.3) is 5.69 Å². The summed E-state index contributed by atoms with van der Waals surface area (Å²) < 4.78 is 5.41. The van der Waals surface area contributed by atoms with Crippen LogP contribution in [0.5, 0.6) is 0 Å². The number of ether oxygens (including phenoxy) is 1. The number of hydrogen-bond donors (Lipinski definition) is 2. The van der Waals surface area contributed by atoms with Crippen LogP contribution < -0.4 is 5.32 Å². The number of carbonyl (C=O) groups excluding carboxylic acids is 1. The summed E-state index contributed by atoms with van der Waals surface area (Å²) in [5, 5.41) is 24.4. The molecule has 2 N–H and O–H groups in total. The summed E-state index contributed by atoms with van der Waals surface area (Å²) in [4.78, 5) is 24.9. The Bertz CT molecular complexity index is 815. The molecule has 1 heterocycles. The van der Waals surface area contributed by atoms with Crippen LogP contribution in [-0.2, 0) is 4.74 Å². The Morgan fingerprint density at radius 1 is 1.34 bits per heavy atom. The summed E-state index contributed by atoms with van der Waals surface area (Å²) in [5.74, 6) is 0. The highest BCUT2D eigenvalue weighted by molar-refractivity contribution is 5.76. The van der Waals surface area contributed by atoms with Gasteiger partial charge in [0.2, 0.25) is 0 Å². The minimum Gasteiger partial charge on any atom is -0.444 e. The molecule has 1 amide bonds. The molecule has 1 aromatic rings. The molecule has 1 saturated carbocycles.